The first-order valence-electron chi connectivity index (χ1n) is 6.95. The Kier molecular flexibility index (Phi) is 4.40. The Morgan fingerprint density at radius 1 is 1.43 bits per heavy atom. The van der Waals surface area contributed by atoms with Crippen LogP contribution < -0.4 is 5.32 Å². The van der Waals surface area contributed by atoms with Gasteiger partial charge in [0.2, 0.25) is 5.91 Å². The Bertz CT molecular complexity index is 610. The van der Waals surface area contributed by atoms with Crippen LogP contribution in [-0.2, 0) is 18.3 Å². The van der Waals surface area contributed by atoms with Crippen LogP contribution in [0.15, 0.2) is 10.9 Å². The van der Waals surface area contributed by atoms with Crippen LogP contribution in [0.3, 0.4) is 0 Å². The number of hydrogen-bond donors (Lipinski definition) is 1. The molecule has 0 aromatic carbocycles. The van der Waals surface area contributed by atoms with Gasteiger partial charge in [0.15, 0.2) is 0 Å². The highest BCUT2D eigenvalue weighted by atomic mass is 16.5. The maximum atomic E-state index is 12.3. The Balaban J connectivity index is 2.11. The summed E-state index contributed by atoms with van der Waals surface area (Å²) in [6, 6.07) is -0.175. The zero-order valence-corrected chi connectivity index (χ0v) is 13.0. The SMILES string of the molecule is Cc1noc(C)c1CC(=O)NC(c1ncnn1C)C(C)C. The van der Waals surface area contributed by atoms with Crippen LogP contribution in [0.1, 0.15) is 42.7 Å². The molecule has 7 nitrogen and oxygen atoms in total. The Labute approximate surface area is 123 Å². The van der Waals surface area contributed by atoms with Gasteiger partial charge in [-0.1, -0.05) is 19.0 Å². The van der Waals surface area contributed by atoms with Crippen molar-refractivity contribution in [3.05, 3.63) is 29.2 Å². The van der Waals surface area contributed by atoms with Gasteiger partial charge >= 0.3 is 0 Å². The Hall–Kier alpha value is -2.18. The van der Waals surface area contributed by atoms with Crippen LogP contribution in [0.2, 0.25) is 0 Å². The minimum Gasteiger partial charge on any atom is -0.361 e. The Morgan fingerprint density at radius 3 is 2.62 bits per heavy atom. The van der Waals surface area contributed by atoms with Crippen molar-refractivity contribution >= 4 is 5.91 Å². The van der Waals surface area contributed by atoms with Gasteiger partial charge in [-0.15, -0.1) is 0 Å². The number of nitrogens with one attached hydrogen (secondary N) is 1. The van der Waals surface area contributed by atoms with E-state index in [1.165, 1.54) is 6.33 Å². The van der Waals surface area contributed by atoms with Gasteiger partial charge in [-0.3, -0.25) is 9.48 Å². The lowest BCUT2D eigenvalue weighted by Crippen LogP contribution is -2.34. The third-order valence-electron chi connectivity index (χ3n) is 3.53. The monoisotopic (exact) mass is 291 g/mol. The number of aryl methyl sites for hydroxylation is 3. The van der Waals surface area contributed by atoms with E-state index < -0.39 is 0 Å². The number of nitrogens with zero attached hydrogens (tertiary/aromatic N) is 4. The molecule has 2 aromatic rings. The molecular formula is C14H21N5O2. The fourth-order valence-electron chi connectivity index (χ4n) is 2.26. The van der Waals surface area contributed by atoms with Crippen molar-refractivity contribution in [3.63, 3.8) is 0 Å². The summed E-state index contributed by atoms with van der Waals surface area (Å²) in [5, 5.41) is 10.9. The van der Waals surface area contributed by atoms with Crippen molar-refractivity contribution in [2.75, 3.05) is 0 Å². The number of carbonyl (C=O) groups excluding carboxylic acids is 1. The van der Waals surface area contributed by atoms with E-state index in [9.17, 15) is 4.79 Å². The fourth-order valence-corrected chi connectivity index (χ4v) is 2.26. The molecule has 0 aliphatic rings. The van der Waals surface area contributed by atoms with Crippen LogP contribution >= 0.6 is 0 Å². The molecule has 114 valence electrons. The first kappa shape index (κ1) is 15.2. The van der Waals surface area contributed by atoms with E-state index >= 15 is 0 Å². The molecule has 2 aromatic heterocycles. The van der Waals surface area contributed by atoms with Crippen LogP contribution in [0.4, 0.5) is 0 Å². The van der Waals surface area contributed by atoms with E-state index in [0.29, 0.717) is 5.76 Å². The zero-order chi connectivity index (χ0) is 15.6. The molecule has 1 atom stereocenters. The lowest BCUT2D eigenvalue weighted by atomic mass is 10.0. The second-order valence-corrected chi connectivity index (χ2v) is 5.51. The van der Waals surface area contributed by atoms with E-state index in [1.807, 2.05) is 34.7 Å². The summed E-state index contributed by atoms with van der Waals surface area (Å²) in [6.07, 6.45) is 1.74. The van der Waals surface area contributed by atoms with Gasteiger partial charge in [-0.2, -0.15) is 5.10 Å². The number of amides is 1. The normalized spacial score (nSPS) is 12.7. The molecule has 0 bridgehead atoms. The summed E-state index contributed by atoms with van der Waals surface area (Å²) in [5.74, 6) is 1.56. The number of rotatable bonds is 5. The van der Waals surface area contributed by atoms with Crippen molar-refractivity contribution in [2.45, 2.75) is 40.2 Å². The van der Waals surface area contributed by atoms with Crippen molar-refractivity contribution in [3.8, 4) is 0 Å². The van der Waals surface area contributed by atoms with Gasteiger partial charge in [0.05, 0.1) is 18.2 Å². The van der Waals surface area contributed by atoms with Crippen molar-refractivity contribution < 1.29 is 9.32 Å². The summed E-state index contributed by atoms with van der Waals surface area (Å²) in [5.41, 5.74) is 1.59. The molecule has 1 unspecified atom stereocenters. The van der Waals surface area contributed by atoms with Crippen molar-refractivity contribution in [2.24, 2.45) is 13.0 Å². The average Bonchev–Trinajstić information content (AvgIpc) is 2.96. The van der Waals surface area contributed by atoms with Crippen LogP contribution in [-0.4, -0.2) is 25.8 Å². The molecule has 2 heterocycles. The first-order valence-corrected chi connectivity index (χ1v) is 6.95. The highest BCUT2D eigenvalue weighted by Crippen LogP contribution is 2.20. The number of aromatic nitrogens is 4. The third-order valence-corrected chi connectivity index (χ3v) is 3.53. The van der Waals surface area contributed by atoms with E-state index in [0.717, 1.165) is 17.1 Å². The molecule has 0 saturated carbocycles. The van der Waals surface area contributed by atoms with Gasteiger partial charge in [-0.25, -0.2) is 4.98 Å². The van der Waals surface area contributed by atoms with Gasteiger partial charge in [0, 0.05) is 12.6 Å². The highest BCUT2D eigenvalue weighted by Gasteiger charge is 2.23. The molecule has 7 heteroatoms. The highest BCUT2D eigenvalue weighted by molar-refractivity contribution is 5.79. The molecule has 21 heavy (non-hydrogen) atoms. The quantitative estimate of drug-likeness (QED) is 0.901. The van der Waals surface area contributed by atoms with Crippen LogP contribution in [0.5, 0.6) is 0 Å². The van der Waals surface area contributed by atoms with Crippen molar-refractivity contribution in [1.29, 1.82) is 0 Å². The molecule has 0 aliphatic heterocycles. The summed E-state index contributed by atoms with van der Waals surface area (Å²) in [6.45, 7) is 7.72. The molecule has 0 fully saturated rings. The largest absolute Gasteiger partial charge is 0.361 e. The Morgan fingerprint density at radius 2 is 2.14 bits per heavy atom. The van der Waals surface area contributed by atoms with Gasteiger partial charge in [0.25, 0.3) is 0 Å². The smallest absolute Gasteiger partial charge is 0.225 e. The number of hydrogen-bond acceptors (Lipinski definition) is 5. The summed E-state index contributed by atoms with van der Waals surface area (Å²) in [4.78, 5) is 16.5. The summed E-state index contributed by atoms with van der Waals surface area (Å²) in [7, 11) is 1.82. The summed E-state index contributed by atoms with van der Waals surface area (Å²) < 4.78 is 6.76. The van der Waals surface area contributed by atoms with E-state index in [2.05, 4.69) is 20.6 Å². The second kappa shape index (κ2) is 6.07. The topological polar surface area (TPSA) is 85.8 Å². The van der Waals surface area contributed by atoms with E-state index in [-0.39, 0.29) is 24.3 Å². The second-order valence-electron chi connectivity index (χ2n) is 5.51. The first-order chi connectivity index (χ1) is 9.90. The lowest BCUT2D eigenvalue weighted by Gasteiger charge is -2.21. The van der Waals surface area contributed by atoms with Crippen LogP contribution in [0.25, 0.3) is 0 Å². The van der Waals surface area contributed by atoms with Gasteiger partial charge in [-0.05, 0) is 19.8 Å². The third kappa shape index (κ3) is 3.29. The van der Waals surface area contributed by atoms with Crippen molar-refractivity contribution in [1.82, 2.24) is 25.2 Å². The van der Waals surface area contributed by atoms with Crippen LogP contribution in [0, 0.1) is 19.8 Å². The minimum atomic E-state index is -0.175. The average molecular weight is 291 g/mol. The molecule has 0 radical (unpaired) electrons. The molecule has 0 aliphatic carbocycles. The molecule has 1 amide bonds. The van der Waals surface area contributed by atoms with Gasteiger partial charge in [0.1, 0.15) is 17.9 Å². The van der Waals surface area contributed by atoms with E-state index in [4.69, 9.17) is 4.52 Å². The molecule has 0 saturated heterocycles. The maximum Gasteiger partial charge on any atom is 0.225 e. The summed E-state index contributed by atoms with van der Waals surface area (Å²) >= 11 is 0. The lowest BCUT2D eigenvalue weighted by molar-refractivity contribution is -0.121. The predicted octanol–water partition coefficient (Wildman–Crippen LogP) is 1.48. The number of carbonyl (C=O) groups is 1. The molecule has 0 spiro atoms. The van der Waals surface area contributed by atoms with Gasteiger partial charge < -0.3 is 9.84 Å². The maximum absolute atomic E-state index is 12.3. The van der Waals surface area contributed by atoms with E-state index in [1.54, 1.807) is 4.68 Å². The molecule has 1 N–H and O–H groups in total. The minimum absolute atomic E-state index is 0.0777. The standard InChI is InChI=1S/C14H21N5O2/c1-8(2)13(14-15-7-16-19(14)5)17-12(20)6-11-9(3)18-21-10(11)4/h7-8,13H,6H2,1-5H3,(H,17,20). The molecule has 2 rings (SSSR count). The fraction of sp³-hybridized carbons (Fsp3) is 0.571. The zero-order valence-electron chi connectivity index (χ0n) is 13.0. The predicted molar refractivity (Wildman–Crippen MR) is 76.4 cm³/mol. The molecular weight excluding hydrogens is 270 g/mol.